The summed E-state index contributed by atoms with van der Waals surface area (Å²) in [6.45, 7) is 0.0722. The third-order valence-corrected chi connectivity index (χ3v) is 2.46. The van der Waals surface area contributed by atoms with Gasteiger partial charge in [-0.3, -0.25) is 4.79 Å². The highest BCUT2D eigenvalue weighted by atomic mass is 16.3. The molecular formula is C10H11NO2. The maximum absolute atomic E-state index is 10.5. The Bertz CT molecular complexity index is 315. The van der Waals surface area contributed by atoms with Gasteiger partial charge in [0, 0.05) is 11.5 Å². The van der Waals surface area contributed by atoms with E-state index < -0.39 is 0 Å². The van der Waals surface area contributed by atoms with Crippen LogP contribution < -0.4 is 5.32 Å². The van der Waals surface area contributed by atoms with E-state index in [1.807, 2.05) is 18.4 Å². The molecule has 2 atom stereocenters. The van der Waals surface area contributed by atoms with Gasteiger partial charge < -0.3 is 10.4 Å². The van der Waals surface area contributed by atoms with Crippen LogP contribution in [-0.4, -0.2) is 24.0 Å². The van der Waals surface area contributed by atoms with Crippen molar-refractivity contribution in [3.63, 3.8) is 0 Å². The lowest BCUT2D eigenvalue weighted by Gasteiger charge is -2.19. The van der Waals surface area contributed by atoms with Gasteiger partial charge in [-0.15, -0.1) is 0 Å². The van der Waals surface area contributed by atoms with Crippen molar-refractivity contribution in [1.82, 2.24) is 5.32 Å². The number of rotatable bonds is 2. The molecule has 0 aromatic carbocycles. The highest BCUT2D eigenvalue weighted by Crippen LogP contribution is 2.27. The second-order valence-corrected chi connectivity index (χ2v) is 3.24. The summed E-state index contributed by atoms with van der Waals surface area (Å²) < 4.78 is 0. The molecule has 2 unspecified atom stereocenters. The quantitative estimate of drug-likeness (QED) is 0.590. The zero-order valence-corrected chi connectivity index (χ0v) is 7.10. The lowest BCUT2D eigenvalue weighted by molar-refractivity contribution is -0.104. The summed E-state index contributed by atoms with van der Waals surface area (Å²) in [5.41, 5.74) is 1.67. The molecule has 3 nitrogen and oxygen atoms in total. The molecule has 68 valence electrons. The molecule has 0 fully saturated rings. The first-order valence-electron chi connectivity index (χ1n) is 4.26. The van der Waals surface area contributed by atoms with E-state index in [0.717, 1.165) is 11.9 Å². The lowest BCUT2D eigenvalue weighted by atomic mass is 9.89. The summed E-state index contributed by atoms with van der Waals surface area (Å²) >= 11 is 0. The molecule has 0 bridgehead atoms. The summed E-state index contributed by atoms with van der Waals surface area (Å²) in [5.74, 6) is 0.216. The number of aldehydes is 1. The predicted octanol–water partition coefficient (Wildman–Crippen LogP) is 0.146. The van der Waals surface area contributed by atoms with Gasteiger partial charge in [0.2, 0.25) is 0 Å². The smallest absolute Gasteiger partial charge is 0.149 e. The van der Waals surface area contributed by atoms with E-state index in [1.165, 1.54) is 0 Å². The van der Waals surface area contributed by atoms with Crippen LogP contribution in [0, 0.1) is 5.92 Å². The molecule has 2 rings (SSSR count). The number of nitrogens with one attached hydrogen (secondary N) is 1. The van der Waals surface area contributed by atoms with Crippen molar-refractivity contribution in [1.29, 1.82) is 0 Å². The highest BCUT2D eigenvalue weighted by Gasteiger charge is 2.27. The van der Waals surface area contributed by atoms with Crippen molar-refractivity contribution >= 4 is 6.29 Å². The van der Waals surface area contributed by atoms with Crippen LogP contribution in [0.4, 0.5) is 0 Å². The van der Waals surface area contributed by atoms with Gasteiger partial charge in [-0.25, -0.2) is 0 Å². The fraction of sp³-hybridized carbons (Fsp3) is 0.300. The Balaban J connectivity index is 2.20. The van der Waals surface area contributed by atoms with Gasteiger partial charge in [0.15, 0.2) is 0 Å². The molecule has 0 aromatic rings. The van der Waals surface area contributed by atoms with Gasteiger partial charge in [0.05, 0.1) is 12.6 Å². The third-order valence-electron chi connectivity index (χ3n) is 2.46. The molecule has 0 spiro atoms. The minimum Gasteiger partial charge on any atom is -0.392 e. The molecule has 0 amide bonds. The van der Waals surface area contributed by atoms with Crippen LogP contribution in [0.25, 0.3) is 0 Å². The topological polar surface area (TPSA) is 49.3 Å². The van der Waals surface area contributed by atoms with Crippen molar-refractivity contribution in [2.75, 3.05) is 6.61 Å². The first-order chi connectivity index (χ1) is 6.35. The molecule has 2 aliphatic rings. The number of aliphatic hydroxyl groups is 1. The molecule has 13 heavy (non-hydrogen) atoms. The molecule has 1 heterocycles. The second kappa shape index (κ2) is 3.18. The number of aliphatic hydroxyl groups excluding tert-OH is 1. The van der Waals surface area contributed by atoms with Crippen molar-refractivity contribution < 1.29 is 9.90 Å². The van der Waals surface area contributed by atoms with E-state index in [9.17, 15) is 4.79 Å². The number of fused-ring (bicyclic) bond motifs is 1. The maximum Gasteiger partial charge on any atom is 0.149 e. The first-order valence-corrected chi connectivity index (χ1v) is 4.26. The molecule has 3 heteroatoms. The standard InChI is InChI=1S/C10H11NO2/c12-5-7-1-2-9-8(6-13)4-11-10(9)3-7/h1-5,9-11,13H,6H2. The lowest BCUT2D eigenvalue weighted by Crippen LogP contribution is -2.26. The van der Waals surface area contributed by atoms with Crippen molar-refractivity contribution in [2.24, 2.45) is 5.92 Å². The van der Waals surface area contributed by atoms with E-state index in [1.54, 1.807) is 6.08 Å². The summed E-state index contributed by atoms with van der Waals surface area (Å²) in [6, 6.07) is 0.146. The summed E-state index contributed by atoms with van der Waals surface area (Å²) in [6.07, 6.45) is 8.30. The Labute approximate surface area is 76.4 Å². The van der Waals surface area contributed by atoms with Gasteiger partial charge in [-0.05, 0) is 11.8 Å². The number of carbonyl (C=O) groups is 1. The minimum absolute atomic E-state index is 0.0722. The first kappa shape index (κ1) is 8.26. The van der Waals surface area contributed by atoms with Crippen molar-refractivity contribution in [3.05, 3.63) is 35.6 Å². The van der Waals surface area contributed by atoms with Crippen LogP contribution >= 0.6 is 0 Å². The Kier molecular flexibility index (Phi) is 2.02. The van der Waals surface area contributed by atoms with E-state index in [0.29, 0.717) is 5.57 Å². The van der Waals surface area contributed by atoms with Crippen molar-refractivity contribution in [2.45, 2.75) is 6.04 Å². The van der Waals surface area contributed by atoms with Crippen LogP contribution in [0.15, 0.2) is 35.6 Å². The average Bonchev–Trinajstić information content (AvgIpc) is 2.59. The third kappa shape index (κ3) is 1.31. The van der Waals surface area contributed by atoms with E-state index in [2.05, 4.69) is 5.32 Å². The van der Waals surface area contributed by atoms with Gasteiger partial charge in [0.25, 0.3) is 0 Å². The summed E-state index contributed by atoms with van der Waals surface area (Å²) in [5, 5.41) is 12.1. The van der Waals surface area contributed by atoms with Gasteiger partial charge in [-0.1, -0.05) is 18.2 Å². The van der Waals surface area contributed by atoms with Crippen LogP contribution in [0.2, 0.25) is 0 Å². The van der Waals surface area contributed by atoms with Gasteiger partial charge >= 0.3 is 0 Å². The van der Waals surface area contributed by atoms with Crippen LogP contribution in [0.1, 0.15) is 0 Å². The monoisotopic (exact) mass is 177 g/mol. The van der Waals surface area contributed by atoms with Crippen molar-refractivity contribution in [3.8, 4) is 0 Å². The minimum atomic E-state index is 0.0722. The van der Waals surface area contributed by atoms with E-state index in [-0.39, 0.29) is 18.6 Å². The number of hydrogen-bond donors (Lipinski definition) is 2. The Morgan fingerprint density at radius 1 is 1.62 bits per heavy atom. The average molecular weight is 177 g/mol. The molecule has 0 aromatic heterocycles. The number of carbonyl (C=O) groups excluding carboxylic acids is 1. The van der Waals surface area contributed by atoms with Crippen LogP contribution in [0.3, 0.4) is 0 Å². The molecule has 0 saturated heterocycles. The van der Waals surface area contributed by atoms with E-state index >= 15 is 0 Å². The normalized spacial score (nSPS) is 30.2. The van der Waals surface area contributed by atoms with E-state index in [4.69, 9.17) is 5.11 Å². The Morgan fingerprint density at radius 3 is 3.15 bits per heavy atom. The predicted molar refractivity (Wildman–Crippen MR) is 48.9 cm³/mol. The Hall–Kier alpha value is -1.35. The van der Waals surface area contributed by atoms with Crippen LogP contribution in [0.5, 0.6) is 0 Å². The molecule has 1 aliphatic heterocycles. The SMILES string of the molecule is O=CC1=CC2NC=C(CO)C2C=C1. The fourth-order valence-electron chi connectivity index (χ4n) is 1.74. The Morgan fingerprint density at radius 2 is 2.46 bits per heavy atom. The summed E-state index contributed by atoms with van der Waals surface area (Å²) in [4.78, 5) is 10.5. The van der Waals surface area contributed by atoms with Crippen LogP contribution in [-0.2, 0) is 4.79 Å². The fourth-order valence-corrected chi connectivity index (χ4v) is 1.74. The largest absolute Gasteiger partial charge is 0.392 e. The maximum atomic E-state index is 10.5. The number of allylic oxidation sites excluding steroid dienone is 2. The zero-order valence-electron chi connectivity index (χ0n) is 7.10. The molecular weight excluding hydrogens is 166 g/mol. The highest BCUT2D eigenvalue weighted by molar-refractivity contribution is 5.78. The van der Waals surface area contributed by atoms with Gasteiger partial charge in [0.1, 0.15) is 6.29 Å². The molecule has 0 saturated carbocycles. The zero-order chi connectivity index (χ0) is 9.26. The molecule has 0 radical (unpaired) electrons. The summed E-state index contributed by atoms with van der Waals surface area (Å²) in [7, 11) is 0. The molecule has 2 N–H and O–H groups in total. The number of hydrogen-bond acceptors (Lipinski definition) is 3. The second-order valence-electron chi connectivity index (χ2n) is 3.24. The molecule has 1 aliphatic carbocycles. The van der Waals surface area contributed by atoms with Gasteiger partial charge in [-0.2, -0.15) is 0 Å².